The van der Waals surface area contributed by atoms with Crippen molar-refractivity contribution < 1.29 is 4.42 Å². The van der Waals surface area contributed by atoms with Gasteiger partial charge in [0.2, 0.25) is 5.89 Å². The minimum absolute atomic E-state index is 0.319. The lowest BCUT2D eigenvalue weighted by Crippen LogP contribution is -1.91. The molecule has 0 bridgehead atoms. The predicted molar refractivity (Wildman–Crippen MR) is 55.1 cm³/mol. The second kappa shape index (κ2) is 2.99. The SMILES string of the molecule is Nc1ncnc2oc(-c3cncs3)nc12. The first kappa shape index (κ1) is 8.30. The number of nitrogens with zero attached hydrogens (tertiary/aromatic N) is 4. The summed E-state index contributed by atoms with van der Waals surface area (Å²) in [5.74, 6) is 0.791. The Labute approximate surface area is 87.8 Å². The van der Waals surface area contributed by atoms with Gasteiger partial charge in [-0.25, -0.2) is 9.97 Å². The first-order valence-electron chi connectivity index (χ1n) is 4.10. The lowest BCUT2D eigenvalue weighted by atomic mass is 10.5. The van der Waals surface area contributed by atoms with Crippen molar-refractivity contribution in [3.8, 4) is 10.8 Å². The zero-order chi connectivity index (χ0) is 10.3. The summed E-state index contributed by atoms with van der Waals surface area (Å²) >= 11 is 1.44. The number of thiazole rings is 1. The van der Waals surface area contributed by atoms with Gasteiger partial charge in [0, 0.05) is 0 Å². The minimum Gasteiger partial charge on any atom is -0.417 e. The van der Waals surface area contributed by atoms with Crippen LogP contribution in [0.4, 0.5) is 5.82 Å². The van der Waals surface area contributed by atoms with E-state index in [-0.39, 0.29) is 0 Å². The van der Waals surface area contributed by atoms with Gasteiger partial charge in [-0.15, -0.1) is 11.3 Å². The Balaban J connectivity index is 2.27. The second-order valence-corrected chi connectivity index (χ2v) is 3.68. The number of nitrogen functional groups attached to an aromatic ring is 1. The number of nitrogens with two attached hydrogens (primary N) is 1. The molecule has 3 heterocycles. The van der Waals surface area contributed by atoms with Crippen LogP contribution in [0.25, 0.3) is 22.0 Å². The Morgan fingerprint density at radius 2 is 2.27 bits per heavy atom. The van der Waals surface area contributed by atoms with Gasteiger partial charge in [0.15, 0.2) is 11.3 Å². The van der Waals surface area contributed by atoms with Gasteiger partial charge in [-0.3, -0.25) is 4.98 Å². The molecule has 0 atom stereocenters. The Hall–Kier alpha value is -2.02. The molecule has 0 aliphatic rings. The van der Waals surface area contributed by atoms with Crippen molar-refractivity contribution >= 4 is 28.4 Å². The quantitative estimate of drug-likeness (QED) is 0.663. The molecular formula is C8H5N5OS. The molecule has 0 aliphatic heterocycles. The monoisotopic (exact) mass is 219 g/mol. The van der Waals surface area contributed by atoms with Crippen LogP contribution < -0.4 is 5.73 Å². The Morgan fingerprint density at radius 1 is 1.33 bits per heavy atom. The molecule has 74 valence electrons. The summed E-state index contributed by atoms with van der Waals surface area (Å²) < 4.78 is 5.42. The van der Waals surface area contributed by atoms with E-state index in [1.165, 1.54) is 17.7 Å². The van der Waals surface area contributed by atoms with Crippen molar-refractivity contribution in [1.82, 2.24) is 19.9 Å². The molecule has 2 N–H and O–H groups in total. The molecule has 0 spiro atoms. The zero-order valence-electron chi connectivity index (χ0n) is 7.41. The van der Waals surface area contributed by atoms with Crippen LogP contribution in [0, 0.1) is 0 Å². The van der Waals surface area contributed by atoms with Crippen molar-refractivity contribution in [3.63, 3.8) is 0 Å². The van der Waals surface area contributed by atoms with Gasteiger partial charge in [0.1, 0.15) is 11.2 Å². The van der Waals surface area contributed by atoms with Gasteiger partial charge in [-0.05, 0) is 0 Å². The van der Waals surface area contributed by atoms with Crippen molar-refractivity contribution in [2.75, 3.05) is 5.73 Å². The molecule has 0 amide bonds. The molecule has 6 nitrogen and oxygen atoms in total. The highest BCUT2D eigenvalue weighted by Crippen LogP contribution is 2.26. The number of aromatic nitrogens is 4. The average Bonchev–Trinajstić information content (AvgIpc) is 2.86. The molecule has 7 heteroatoms. The molecule has 0 aromatic carbocycles. The maximum atomic E-state index is 5.64. The first-order chi connectivity index (χ1) is 7.34. The molecule has 0 saturated heterocycles. The highest BCUT2D eigenvalue weighted by Gasteiger charge is 2.12. The summed E-state index contributed by atoms with van der Waals surface area (Å²) in [6, 6.07) is 0. The van der Waals surface area contributed by atoms with E-state index in [1.54, 1.807) is 11.7 Å². The van der Waals surface area contributed by atoms with Gasteiger partial charge in [0.25, 0.3) is 5.71 Å². The van der Waals surface area contributed by atoms with Crippen LogP contribution in [-0.2, 0) is 0 Å². The fraction of sp³-hybridized carbons (Fsp3) is 0. The fourth-order valence-corrected chi connectivity index (χ4v) is 1.74. The molecule has 3 aromatic heterocycles. The molecule has 15 heavy (non-hydrogen) atoms. The topological polar surface area (TPSA) is 90.7 Å². The number of rotatable bonds is 1. The number of hydrogen-bond donors (Lipinski definition) is 1. The number of fused-ring (bicyclic) bond motifs is 1. The lowest BCUT2D eigenvalue weighted by molar-refractivity contribution is 0.608. The van der Waals surface area contributed by atoms with Crippen molar-refractivity contribution in [2.45, 2.75) is 0 Å². The summed E-state index contributed by atoms with van der Waals surface area (Å²) in [5, 5.41) is 0. The zero-order valence-corrected chi connectivity index (χ0v) is 8.23. The normalized spacial score (nSPS) is 10.9. The molecule has 0 fully saturated rings. The highest BCUT2D eigenvalue weighted by molar-refractivity contribution is 7.13. The summed E-state index contributed by atoms with van der Waals surface area (Å²) in [6.07, 6.45) is 3.03. The predicted octanol–water partition coefficient (Wildman–Crippen LogP) is 1.32. The van der Waals surface area contributed by atoms with Gasteiger partial charge in [-0.2, -0.15) is 4.98 Å². The summed E-state index contributed by atoms with van der Waals surface area (Å²) in [5.41, 5.74) is 8.23. The van der Waals surface area contributed by atoms with Crippen LogP contribution in [-0.4, -0.2) is 19.9 Å². The van der Waals surface area contributed by atoms with E-state index >= 15 is 0 Å². The van der Waals surface area contributed by atoms with Crippen molar-refractivity contribution in [3.05, 3.63) is 18.0 Å². The summed E-state index contributed by atoms with van der Waals surface area (Å²) in [4.78, 5) is 16.8. The van der Waals surface area contributed by atoms with E-state index in [4.69, 9.17) is 10.2 Å². The van der Waals surface area contributed by atoms with E-state index in [9.17, 15) is 0 Å². The van der Waals surface area contributed by atoms with Crippen molar-refractivity contribution in [2.24, 2.45) is 0 Å². The van der Waals surface area contributed by atoms with Crippen LogP contribution >= 0.6 is 11.3 Å². The van der Waals surface area contributed by atoms with Gasteiger partial charge >= 0.3 is 0 Å². The van der Waals surface area contributed by atoms with Crippen LogP contribution in [0.5, 0.6) is 0 Å². The highest BCUT2D eigenvalue weighted by atomic mass is 32.1. The van der Waals surface area contributed by atoms with E-state index in [2.05, 4.69) is 19.9 Å². The van der Waals surface area contributed by atoms with E-state index < -0.39 is 0 Å². The third-order valence-electron chi connectivity index (χ3n) is 1.87. The molecule has 0 unspecified atom stereocenters. The number of anilines is 1. The molecule has 0 radical (unpaired) electrons. The molecule has 3 aromatic rings. The maximum Gasteiger partial charge on any atom is 0.252 e. The molecule has 0 aliphatic carbocycles. The summed E-state index contributed by atoms with van der Waals surface area (Å²) in [7, 11) is 0. The smallest absolute Gasteiger partial charge is 0.252 e. The van der Waals surface area contributed by atoms with Gasteiger partial charge in [0.05, 0.1) is 11.7 Å². The van der Waals surface area contributed by atoms with Crippen LogP contribution in [0.15, 0.2) is 22.5 Å². The van der Waals surface area contributed by atoms with E-state index in [0.717, 1.165) is 4.88 Å². The van der Waals surface area contributed by atoms with Gasteiger partial charge < -0.3 is 10.2 Å². The van der Waals surface area contributed by atoms with Gasteiger partial charge in [-0.1, -0.05) is 0 Å². The minimum atomic E-state index is 0.319. The summed E-state index contributed by atoms with van der Waals surface area (Å²) in [6.45, 7) is 0. The second-order valence-electron chi connectivity index (χ2n) is 2.80. The third-order valence-corrected chi connectivity index (χ3v) is 2.63. The third kappa shape index (κ3) is 1.24. The van der Waals surface area contributed by atoms with Crippen molar-refractivity contribution in [1.29, 1.82) is 0 Å². The van der Waals surface area contributed by atoms with Crippen LogP contribution in [0.3, 0.4) is 0 Å². The lowest BCUT2D eigenvalue weighted by Gasteiger charge is -1.87. The van der Waals surface area contributed by atoms with E-state index in [0.29, 0.717) is 22.9 Å². The maximum absolute atomic E-state index is 5.64. The molecular weight excluding hydrogens is 214 g/mol. The average molecular weight is 219 g/mol. The van der Waals surface area contributed by atoms with E-state index in [1.807, 2.05) is 0 Å². The van der Waals surface area contributed by atoms with Crippen LogP contribution in [0.2, 0.25) is 0 Å². The Kier molecular flexibility index (Phi) is 1.65. The Morgan fingerprint density at radius 3 is 3.00 bits per heavy atom. The standard InChI is InChI=1S/C8H5N5OS/c9-6-5-8(12-2-11-6)14-7(13-5)4-1-10-3-15-4/h1-3H,(H2,9,11,12). The largest absolute Gasteiger partial charge is 0.417 e. The Bertz CT molecular complexity index is 603. The van der Waals surface area contributed by atoms with Crippen LogP contribution in [0.1, 0.15) is 0 Å². The first-order valence-corrected chi connectivity index (χ1v) is 4.98. The molecule has 3 rings (SSSR count). The fourth-order valence-electron chi connectivity index (χ4n) is 1.20. The molecule has 0 saturated carbocycles. The number of oxazole rings is 1. The number of hydrogen-bond acceptors (Lipinski definition) is 7.